The summed E-state index contributed by atoms with van der Waals surface area (Å²) >= 11 is 0. The van der Waals surface area contributed by atoms with Crippen LogP contribution >= 0.6 is 0 Å². The van der Waals surface area contributed by atoms with Crippen LogP contribution in [0.4, 0.5) is 0 Å². The minimum atomic E-state index is -1.04. The summed E-state index contributed by atoms with van der Waals surface area (Å²) in [6, 6.07) is 1.36. The third-order valence-electron chi connectivity index (χ3n) is 3.70. The van der Waals surface area contributed by atoms with Crippen molar-refractivity contribution in [3.63, 3.8) is 0 Å². The van der Waals surface area contributed by atoms with Crippen LogP contribution in [0, 0.1) is 22.7 Å². The van der Waals surface area contributed by atoms with E-state index in [1.165, 1.54) is 4.90 Å². The Kier molecular flexibility index (Phi) is 2.85. The predicted molar refractivity (Wildman–Crippen MR) is 60.8 cm³/mol. The van der Waals surface area contributed by atoms with E-state index in [1.807, 2.05) is 6.92 Å². The number of piperazine rings is 1. The zero-order valence-corrected chi connectivity index (χ0v) is 10.4. The summed E-state index contributed by atoms with van der Waals surface area (Å²) in [5.74, 6) is -1.04. The van der Waals surface area contributed by atoms with E-state index in [0.29, 0.717) is 18.8 Å². The molecule has 1 N–H and O–H groups in total. The van der Waals surface area contributed by atoms with Crippen molar-refractivity contribution in [1.82, 2.24) is 10.2 Å². The first-order valence-corrected chi connectivity index (χ1v) is 5.95. The molecule has 1 saturated carbocycles. The average molecular weight is 249 g/mol. The molecule has 6 heteroatoms. The number of nitrogens with one attached hydrogen (secondary N) is 1. The van der Waals surface area contributed by atoms with Gasteiger partial charge in [0.25, 0.3) is 0 Å². The lowest BCUT2D eigenvalue weighted by atomic mass is 9.62. The van der Waals surface area contributed by atoms with Gasteiger partial charge in [0.05, 0.1) is 6.07 Å². The van der Waals surface area contributed by atoms with Gasteiger partial charge in [0.2, 0.25) is 17.7 Å². The normalized spacial score (nSPS) is 35.5. The van der Waals surface area contributed by atoms with Crippen molar-refractivity contribution in [2.24, 2.45) is 11.3 Å². The molecule has 18 heavy (non-hydrogen) atoms. The Morgan fingerprint density at radius 1 is 1.44 bits per heavy atom. The summed E-state index contributed by atoms with van der Waals surface area (Å²) in [7, 11) is 0. The van der Waals surface area contributed by atoms with Gasteiger partial charge in [0.15, 0.2) is 0 Å². The molecular weight excluding hydrogens is 234 g/mol. The highest BCUT2D eigenvalue weighted by Crippen LogP contribution is 2.46. The molecule has 0 aromatic heterocycles. The molecule has 0 aromatic rings. The highest BCUT2D eigenvalue weighted by molar-refractivity contribution is 6.05. The topological polar surface area (TPSA) is 90.3 Å². The van der Waals surface area contributed by atoms with E-state index in [-0.39, 0.29) is 12.5 Å². The molecule has 1 unspecified atom stereocenters. The Labute approximate surface area is 105 Å². The molecule has 0 radical (unpaired) electrons. The first-order chi connectivity index (χ1) is 8.39. The lowest BCUT2D eigenvalue weighted by Gasteiger charge is -2.44. The van der Waals surface area contributed by atoms with Gasteiger partial charge >= 0.3 is 0 Å². The van der Waals surface area contributed by atoms with Gasteiger partial charge < -0.3 is 4.90 Å². The quantitative estimate of drug-likeness (QED) is 0.651. The molecule has 0 spiro atoms. The molecule has 2 rings (SSSR count). The molecule has 1 saturated heterocycles. The minimum Gasteiger partial charge on any atom is -0.320 e. The lowest BCUT2D eigenvalue weighted by molar-refractivity contribution is -0.157. The predicted octanol–water partition coefficient (Wildman–Crippen LogP) is -0.200. The van der Waals surface area contributed by atoms with Gasteiger partial charge in [-0.25, -0.2) is 0 Å². The number of hydrogen-bond donors (Lipinski definition) is 1. The first-order valence-electron chi connectivity index (χ1n) is 5.95. The van der Waals surface area contributed by atoms with Crippen LogP contribution in [0.3, 0.4) is 0 Å². The molecule has 2 aliphatic rings. The number of carbonyl (C=O) groups is 3. The van der Waals surface area contributed by atoms with Crippen LogP contribution in [0.1, 0.15) is 26.7 Å². The summed E-state index contributed by atoms with van der Waals surface area (Å²) in [6.07, 6.45) is 1.00. The average Bonchev–Trinajstić information content (AvgIpc) is 2.28. The Morgan fingerprint density at radius 2 is 2.06 bits per heavy atom. The van der Waals surface area contributed by atoms with E-state index in [1.54, 1.807) is 6.92 Å². The zero-order valence-electron chi connectivity index (χ0n) is 10.4. The second-order valence-corrected chi connectivity index (χ2v) is 5.23. The number of nitriles is 1. The first kappa shape index (κ1) is 12.6. The highest BCUT2D eigenvalue weighted by Gasteiger charge is 2.52. The SMILES string of the molecule is CC1CC(C#N)(C(=O)N2CC(=O)NC(=O)C2C)C1. The largest absolute Gasteiger partial charge is 0.320 e. The van der Waals surface area contributed by atoms with Gasteiger partial charge in [-0.2, -0.15) is 5.26 Å². The molecule has 3 amide bonds. The smallest absolute Gasteiger partial charge is 0.249 e. The van der Waals surface area contributed by atoms with Crippen molar-refractivity contribution in [1.29, 1.82) is 5.26 Å². The maximum atomic E-state index is 12.4. The minimum absolute atomic E-state index is 0.149. The van der Waals surface area contributed by atoms with Crippen LogP contribution in [0.5, 0.6) is 0 Å². The maximum Gasteiger partial charge on any atom is 0.249 e. The third-order valence-corrected chi connectivity index (χ3v) is 3.70. The monoisotopic (exact) mass is 249 g/mol. The van der Waals surface area contributed by atoms with E-state index in [2.05, 4.69) is 11.4 Å². The van der Waals surface area contributed by atoms with Gasteiger partial charge in [0, 0.05) is 0 Å². The van der Waals surface area contributed by atoms with Crippen molar-refractivity contribution in [2.75, 3.05) is 6.54 Å². The molecule has 6 nitrogen and oxygen atoms in total. The van der Waals surface area contributed by atoms with Crippen molar-refractivity contribution in [2.45, 2.75) is 32.7 Å². The van der Waals surface area contributed by atoms with Gasteiger partial charge in [0.1, 0.15) is 18.0 Å². The second kappa shape index (κ2) is 4.09. The van der Waals surface area contributed by atoms with Gasteiger partial charge in [-0.3, -0.25) is 19.7 Å². The molecule has 1 heterocycles. The number of imide groups is 1. The third kappa shape index (κ3) is 1.76. The zero-order chi connectivity index (χ0) is 13.5. The summed E-state index contributed by atoms with van der Waals surface area (Å²) in [5.41, 5.74) is -1.04. The molecule has 96 valence electrons. The van der Waals surface area contributed by atoms with E-state index in [4.69, 9.17) is 0 Å². The van der Waals surface area contributed by atoms with Crippen LogP contribution < -0.4 is 5.32 Å². The van der Waals surface area contributed by atoms with Gasteiger partial charge in [-0.1, -0.05) is 6.92 Å². The highest BCUT2D eigenvalue weighted by atomic mass is 16.2. The van der Waals surface area contributed by atoms with Gasteiger partial charge in [-0.15, -0.1) is 0 Å². The molecule has 0 aromatic carbocycles. The van der Waals surface area contributed by atoms with Crippen molar-refractivity contribution < 1.29 is 14.4 Å². The second-order valence-electron chi connectivity index (χ2n) is 5.23. The Hall–Kier alpha value is -1.90. The summed E-state index contributed by atoms with van der Waals surface area (Å²) < 4.78 is 0. The van der Waals surface area contributed by atoms with E-state index < -0.39 is 23.3 Å². The van der Waals surface area contributed by atoms with Crippen LogP contribution in [0.2, 0.25) is 0 Å². The number of rotatable bonds is 1. The Bertz CT molecular complexity index is 460. The van der Waals surface area contributed by atoms with Crippen LogP contribution in [-0.4, -0.2) is 35.2 Å². The van der Waals surface area contributed by atoms with Crippen LogP contribution in [0.15, 0.2) is 0 Å². The molecule has 1 aliphatic carbocycles. The maximum absolute atomic E-state index is 12.4. The number of amides is 3. The fraction of sp³-hybridized carbons (Fsp3) is 0.667. The number of nitrogens with zero attached hydrogens (tertiary/aromatic N) is 2. The fourth-order valence-electron chi connectivity index (χ4n) is 2.68. The Balaban J connectivity index is 2.20. The summed E-state index contributed by atoms with van der Waals surface area (Å²) in [5, 5.41) is 11.4. The molecule has 2 fully saturated rings. The van der Waals surface area contributed by atoms with Crippen LogP contribution in [0.25, 0.3) is 0 Å². The van der Waals surface area contributed by atoms with Crippen molar-refractivity contribution >= 4 is 17.7 Å². The lowest BCUT2D eigenvalue weighted by Crippen LogP contribution is -2.62. The van der Waals surface area contributed by atoms with Gasteiger partial charge in [-0.05, 0) is 25.7 Å². The summed E-state index contributed by atoms with van der Waals surface area (Å²) in [6.45, 7) is 3.39. The molecular formula is C12H15N3O3. The van der Waals surface area contributed by atoms with E-state index in [0.717, 1.165) is 0 Å². The van der Waals surface area contributed by atoms with Crippen molar-refractivity contribution in [3.05, 3.63) is 0 Å². The Morgan fingerprint density at radius 3 is 2.56 bits per heavy atom. The van der Waals surface area contributed by atoms with Crippen LogP contribution in [-0.2, 0) is 14.4 Å². The molecule has 1 atom stereocenters. The number of carbonyl (C=O) groups excluding carboxylic acids is 3. The van der Waals surface area contributed by atoms with E-state index >= 15 is 0 Å². The van der Waals surface area contributed by atoms with Crippen molar-refractivity contribution in [3.8, 4) is 6.07 Å². The summed E-state index contributed by atoms with van der Waals surface area (Å²) in [4.78, 5) is 36.4. The number of hydrogen-bond acceptors (Lipinski definition) is 4. The molecule has 1 aliphatic heterocycles. The molecule has 0 bridgehead atoms. The fourth-order valence-corrected chi connectivity index (χ4v) is 2.68. The standard InChI is InChI=1S/C12H15N3O3/c1-7-3-12(4-7,6-13)11(18)15-5-9(16)14-10(17)8(15)2/h7-8H,3-5H2,1-2H3,(H,14,16,17). The van der Waals surface area contributed by atoms with E-state index in [9.17, 15) is 19.6 Å².